The summed E-state index contributed by atoms with van der Waals surface area (Å²) in [6.07, 6.45) is 0.884. The summed E-state index contributed by atoms with van der Waals surface area (Å²) in [6, 6.07) is -0.687. The van der Waals surface area contributed by atoms with Crippen LogP contribution in [0.5, 0.6) is 0 Å². The van der Waals surface area contributed by atoms with E-state index in [2.05, 4.69) is 10.6 Å². The van der Waals surface area contributed by atoms with Crippen molar-refractivity contribution in [3.05, 3.63) is 0 Å². The molecule has 0 aliphatic carbocycles. The Morgan fingerprint density at radius 3 is 2.43 bits per heavy atom. The number of carbonyl (C=O) groups is 2. The van der Waals surface area contributed by atoms with Crippen molar-refractivity contribution in [3.63, 3.8) is 0 Å². The summed E-state index contributed by atoms with van der Waals surface area (Å²) < 4.78 is 0. The van der Waals surface area contributed by atoms with Gasteiger partial charge < -0.3 is 21.3 Å². The highest BCUT2D eigenvalue weighted by atomic mass is 16.2. The van der Waals surface area contributed by atoms with E-state index in [1.165, 1.54) is 0 Å². The molecule has 14 heavy (non-hydrogen) atoms. The van der Waals surface area contributed by atoms with E-state index in [1.54, 1.807) is 0 Å². The number of nitrogens with one attached hydrogen (secondary N) is 2. The van der Waals surface area contributed by atoms with Crippen molar-refractivity contribution in [1.82, 2.24) is 15.5 Å². The van der Waals surface area contributed by atoms with E-state index in [9.17, 15) is 9.59 Å². The fraction of sp³-hybridized carbons (Fsp3) is 0.750. The molecule has 0 fully saturated rings. The summed E-state index contributed by atoms with van der Waals surface area (Å²) in [4.78, 5) is 23.3. The zero-order valence-corrected chi connectivity index (χ0v) is 8.67. The Morgan fingerprint density at radius 1 is 1.29 bits per heavy atom. The normalized spacial score (nSPS) is 9.93. The van der Waals surface area contributed by atoms with Gasteiger partial charge in [0.15, 0.2) is 0 Å². The Kier molecular flexibility index (Phi) is 6.47. The monoisotopic (exact) mass is 202 g/mol. The first-order valence-corrected chi connectivity index (χ1v) is 4.47. The number of nitrogens with zero attached hydrogens (tertiary/aromatic N) is 1. The minimum absolute atomic E-state index is 0.0582. The maximum absolute atomic E-state index is 11.0. The lowest BCUT2D eigenvalue weighted by atomic mass is 10.4. The molecule has 6 nitrogen and oxygen atoms in total. The van der Waals surface area contributed by atoms with Crippen LogP contribution in [0.2, 0.25) is 0 Å². The first kappa shape index (κ1) is 12.7. The molecule has 0 saturated carbocycles. The number of nitrogens with two attached hydrogens (primary N) is 1. The van der Waals surface area contributed by atoms with Crippen LogP contribution in [-0.2, 0) is 4.79 Å². The zero-order valence-electron chi connectivity index (χ0n) is 8.67. The molecule has 0 saturated heterocycles. The summed E-state index contributed by atoms with van der Waals surface area (Å²) in [7, 11) is 3.94. The molecule has 0 rings (SSSR count). The van der Waals surface area contributed by atoms with Crippen molar-refractivity contribution in [3.8, 4) is 0 Å². The lowest BCUT2D eigenvalue weighted by molar-refractivity contribution is -0.120. The Labute approximate surface area is 83.8 Å². The molecular weight excluding hydrogens is 184 g/mol. The van der Waals surface area contributed by atoms with E-state index in [1.807, 2.05) is 19.0 Å². The van der Waals surface area contributed by atoms with Crippen molar-refractivity contribution in [1.29, 1.82) is 0 Å². The summed E-state index contributed by atoms with van der Waals surface area (Å²) in [5, 5.41) is 4.87. The van der Waals surface area contributed by atoms with Crippen LogP contribution in [0.15, 0.2) is 0 Å². The van der Waals surface area contributed by atoms with Gasteiger partial charge in [-0.25, -0.2) is 4.79 Å². The van der Waals surface area contributed by atoms with Crippen molar-refractivity contribution in [2.45, 2.75) is 6.42 Å². The number of carbonyl (C=O) groups excluding carboxylic acids is 2. The van der Waals surface area contributed by atoms with Crippen LogP contribution < -0.4 is 16.4 Å². The maximum Gasteiger partial charge on any atom is 0.312 e. The van der Waals surface area contributed by atoms with E-state index in [4.69, 9.17) is 5.73 Å². The van der Waals surface area contributed by atoms with Gasteiger partial charge in [-0.2, -0.15) is 0 Å². The fourth-order valence-electron chi connectivity index (χ4n) is 0.853. The Bertz CT molecular complexity index is 194. The smallest absolute Gasteiger partial charge is 0.312 e. The highest BCUT2D eigenvalue weighted by Crippen LogP contribution is 1.80. The molecule has 0 radical (unpaired) electrons. The molecule has 0 aromatic carbocycles. The number of hydrogen-bond acceptors (Lipinski definition) is 3. The average molecular weight is 202 g/mol. The first-order chi connectivity index (χ1) is 6.52. The molecule has 0 bridgehead atoms. The Hall–Kier alpha value is -1.30. The van der Waals surface area contributed by atoms with Crippen LogP contribution in [-0.4, -0.2) is 50.6 Å². The van der Waals surface area contributed by atoms with E-state index in [0.717, 1.165) is 13.0 Å². The highest BCUT2D eigenvalue weighted by molar-refractivity contribution is 5.83. The third kappa shape index (κ3) is 8.79. The van der Waals surface area contributed by atoms with Gasteiger partial charge in [0.25, 0.3) is 0 Å². The Morgan fingerprint density at radius 2 is 1.93 bits per heavy atom. The van der Waals surface area contributed by atoms with Gasteiger partial charge in [0, 0.05) is 6.54 Å². The van der Waals surface area contributed by atoms with Crippen molar-refractivity contribution >= 4 is 11.9 Å². The van der Waals surface area contributed by atoms with Crippen LogP contribution in [0.3, 0.4) is 0 Å². The number of primary amides is 1. The molecule has 6 heteroatoms. The van der Waals surface area contributed by atoms with Crippen LogP contribution in [0.4, 0.5) is 4.79 Å². The minimum atomic E-state index is -0.687. The van der Waals surface area contributed by atoms with E-state index < -0.39 is 6.03 Å². The second-order valence-corrected chi connectivity index (χ2v) is 3.22. The van der Waals surface area contributed by atoms with Gasteiger partial charge in [-0.3, -0.25) is 4.79 Å². The molecule has 0 heterocycles. The highest BCUT2D eigenvalue weighted by Gasteiger charge is 2.00. The quantitative estimate of drug-likeness (QED) is 0.469. The predicted molar refractivity (Wildman–Crippen MR) is 53.8 cm³/mol. The third-order valence-corrected chi connectivity index (χ3v) is 1.53. The van der Waals surface area contributed by atoms with E-state index >= 15 is 0 Å². The molecule has 82 valence electrons. The molecule has 0 atom stereocenters. The maximum atomic E-state index is 11.0. The SMILES string of the molecule is CN(C)CCCNC(=O)CNC(N)=O. The molecule has 4 N–H and O–H groups in total. The van der Waals surface area contributed by atoms with E-state index in [0.29, 0.717) is 6.54 Å². The molecule has 0 aliphatic rings. The van der Waals surface area contributed by atoms with Crippen molar-refractivity contribution in [2.75, 3.05) is 33.7 Å². The molecule has 0 aromatic rings. The number of hydrogen-bond donors (Lipinski definition) is 3. The summed E-state index contributed by atoms with van der Waals surface area (Å²) in [6.45, 7) is 1.47. The van der Waals surface area contributed by atoms with Crippen LogP contribution in [0, 0.1) is 0 Å². The topological polar surface area (TPSA) is 87.5 Å². The summed E-state index contributed by atoms with van der Waals surface area (Å²) in [5.74, 6) is -0.220. The fourth-order valence-corrected chi connectivity index (χ4v) is 0.853. The van der Waals surface area contributed by atoms with Gasteiger partial charge in [0.05, 0.1) is 6.54 Å². The molecular formula is C8H18N4O2. The second kappa shape index (κ2) is 7.14. The molecule has 0 aromatic heterocycles. The molecule has 0 spiro atoms. The molecule has 0 aliphatic heterocycles. The van der Waals surface area contributed by atoms with Crippen molar-refractivity contribution < 1.29 is 9.59 Å². The van der Waals surface area contributed by atoms with Gasteiger partial charge >= 0.3 is 6.03 Å². The predicted octanol–water partition coefficient (Wildman–Crippen LogP) is -1.28. The van der Waals surface area contributed by atoms with Crippen LogP contribution >= 0.6 is 0 Å². The third-order valence-electron chi connectivity index (χ3n) is 1.53. The second-order valence-electron chi connectivity index (χ2n) is 3.22. The van der Waals surface area contributed by atoms with Gasteiger partial charge in [-0.1, -0.05) is 0 Å². The standard InChI is InChI=1S/C8H18N4O2/c1-12(2)5-3-4-10-7(13)6-11-8(9)14/h3-6H2,1-2H3,(H,10,13)(H3,9,11,14). The van der Waals surface area contributed by atoms with Crippen LogP contribution in [0.1, 0.15) is 6.42 Å². The first-order valence-electron chi connectivity index (χ1n) is 4.47. The largest absolute Gasteiger partial charge is 0.355 e. The van der Waals surface area contributed by atoms with Gasteiger partial charge in [-0.15, -0.1) is 0 Å². The summed E-state index contributed by atoms with van der Waals surface area (Å²) in [5.41, 5.74) is 4.80. The lowest BCUT2D eigenvalue weighted by Crippen LogP contribution is -2.40. The molecule has 3 amide bonds. The number of urea groups is 1. The van der Waals surface area contributed by atoms with Gasteiger partial charge in [0.2, 0.25) is 5.91 Å². The summed E-state index contributed by atoms with van der Waals surface area (Å²) >= 11 is 0. The van der Waals surface area contributed by atoms with Gasteiger partial charge in [0.1, 0.15) is 0 Å². The zero-order chi connectivity index (χ0) is 11.0. The van der Waals surface area contributed by atoms with Crippen molar-refractivity contribution in [2.24, 2.45) is 5.73 Å². The van der Waals surface area contributed by atoms with E-state index in [-0.39, 0.29) is 12.5 Å². The minimum Gasteiger partial charge on any atom is -0.355 e. The average Bonchev–Trinajstić information content (AvgIpc) is 2.08. The van der Waals surface area contributed by atoms with Gasteiger partial charge in [-0.05, 0) is 27.1 Å². The lowest BCUT2D eigenvalue weighted by Gasteiger charge is -2.09. The van der Waals surface area contributed by atoms with Crippen LogP contribution in [0.25, 0.3) is 0 Å². The molecule has 0 unspecified atom stereocenters. The number of rotatable bonds is 6. The Balaban J connectivity index is 3.31. The number of amides is 3.